The molecule has 1 N–H and O–H groups in total. The van der Waals surface area contributed by atoms with Gasteiger partial charge in [0, 0.05) is 24.0 Å². The Kier molecular flexibility index (Phi) is 6.09. The first-order valence-corrected chi connectivity index (χ1v) is 11.9. The molecule has 0 saturated heterocycles. The summed E-state index contributed by atoms with van der Waals surface area (Å²) in [5.41, 5.74) is 1.64. The van der Waals surface area contributed by atoms with Crippen LogP contribution in [0.2, 0.25) is 0 Å². The number of anilines is 1. The Labute approximate surface area is 185 Å². The van der Waals surface area contributed by atoms with Crippen molar-refractivity contribution in [3.05, 3.63) is 29.3 Å². The Hall–Kier alpha value is -2.37. The molecule has 0 spiro atoms. The summed E-state index contributed by atoms with van der Waals surface area (Å²) in [6.45, 7) is 6.28. The van der Waals surface area contributed by atoms with Crippen LogP contribution in [-0.4, -0.2) is 41.4 Å². The van der Waals surface area contributed by atoms with E-state index in [1.54, 1.807) is 11.0 Å². The highest BCUT2D eigenvalue weighted by molar-refractivity contribution is 6.11. The summed E-state index contributed by atoms with van der Waals surface area (Å²) in [5.74, 6) is -0.262. The van der Waals surface area contributed by atoms with E-state index in [4.69, 9.17) is 0 Å². The highest BCUT2D eigenvalue weighted by atomic mass is 16.2. The molecule has 168 valence electrons. The Balaban J connectivity index is 1.67. The van der Waals surface area contributed by atoms with Gasteiger partial charge >= 0.3 is 6.03 Å². The number of benzene rings is 1. The van der Waals surface area contributed by atoms with Gasteiger partial charge in [-0.2, -0.15) is 0 Å². The number of carbonyl (C=O) groups is 3. The molecule has 4 amide bonds. The van der Waals surface area contributed by atoms with Gasteiger partial charge < -0.3 is 10.2 Å². The molecule has 4 rings (SSSR count). The van der Waals surface area contributed by atoms with Gasteiger partial charge in [-0.25, -0.2) is 4.79 Å². The maximum absolute atomic E-state index is 13.9. The van der Waals surface area contributed by atoms with Gasteiger partial charge in [0.1, 0.15) is 0 Å². The van der Waals surface area contributed by atoms with E-state index < -0.39 is 5.41 Å². The topological polar surface area (TPSA) is 69.7 Å². The predicted octanol–water partition coefficient (Wildman–Crippen LogP) is 4.66. The lowest BCUT2D eigenvalue weighted by Crippen LogP contribution is -2.51. The van der Waals surface area contributed by atoms with Crippen molar-refractivity contribution in [2.75, 3.05) is 11.4 Å². The molecule has 1 heterocycles. The molecule has 0 unspecified atom stereocenters. The summed E-state index contributed by atoms with van der Waals surface area (Å²) < 4.78 is 0. The average molecular weight is 426 g/mol. The number of imide groups is 1. The molecule has 31 heavy (non-hydrogen) atoms. The first-order valence-electron chi connectivity index (χ1n) is 11.9. The molecule has 0 bridgehead atoms. The van der Waals surface area contributed by atoms with Crippen molar-refractivity contribution >= 4 is 23.5 Å². The number of para-hydroxylation sites is 1. The molecular weight excluding hydrogens is 390 g/mol. The highest BCUT2D eigenvalue weighted by Crippen LogP contribution is 2.37. The zero-order chi connectivity index (χ0) is 22.2. The Morgan fingerprint density at radius 1 is 1.00 bits per heavy atom. The van der Waals surface area contributed by atoms with Crippen LogP contribution < -0.4 is 10.2 Å². The van der Waals surface area contributed by atoms with Gasteiger partial charge in [0.05, 0.1) is 11.3 Å². The van der Waals surface area contributed by atoms with E-state index in [0.717, 1.165) is 63.4 Å². The molecule has 1 aromatic rings. The van der Waals surface area contributed by atoms with E-state index in [9.17, 15) is 14.4 Å². The van der Waals surface area contributed by atoms with Crippen molar-refractivity contribution < 1.29 is 14.4 Å². The van der Waals surface area contributed by atoms with Crippen LogP contribution >= 0.6 is 0 Å². The third-order valence-electron chi connectivity index (χ3n) is 6.92. The number of rotatable bonds is 3. The highest BCUT2D eigenvalue weighted by Gasteiger charge is 2.39. The molecule has 2 fully saturated rings. The van der Waals surface area contributed by atoms with Gasteiger partial charge in [0.15, 0.2) is 0 Å². The van der Waals surface area contributed by atoms with Crippen molar-refractivity contribution in [3.63, 3.8) is 0 Å². The van der Waals surface area contributed by atoms with E-state index in [1.807, 2.05) is 32.9 Å². The number of nitrogens with zero attached hydrogens (tertiary/aromatic N) is 2. The number of hydrogen-bond acceptors (Lipinski definition) is 3. The van der Waals surface area contributed by atoms with E-state index in [-0.39, 0.29) is 29.9 Å². The zero-order valence-electron chi connectivity index (χ0n) is 19.1. The number of fused-ring (bicyclic) bond motifs is 1. The van der Waals surface area contributed by atoms with Gasteiger partial charge in [-0.05, 0) is 43.7 Å². The molecule has 6 nitrogen and oxygen atoms in total. The summed E-state index contributed by atoms with van der Waals surface area (Å²) in [7, 11) is 0. The standard InChI is InChI=1S/C25H35N3O3/c1-25(2,3)23(30)27-16-15-17-9-8-14-20(21(17)27)22(29)28(19-12-6-7-13-19)24(31)26-18-10-4-5-11-18/h8-9,14,18-19H,4-7,10-13,15-16H2,1-3H3,(H,26,31). The lowest BCUT2D eigenvalue weighted by molar-refractivity contribution is -0.125. The molecule has 6 heteroatoms. The molecule has 3 aliphatic rings. The quantitative estimate of drug-likeness (QED) is 0.766. The molecule has 1 aliphatic heterocycles. The third kappa shape index (κ3) is 4.35. The number of carbonyl (C=O) groups excluding carboxylic acids is 3. The van der Waals surface area contributed by atoms with Crippen molar-refractivity contribution in [2.24, 2.45) is 5.41 Å². The maximum Gasteiger partial charge on any atom is 0.324 e. The molecule has 0 atom stereocenters. The minimum atomic E-state index is -0.539. The Morgan fingerprint density at radius 2 is 1.65 bits per heavy atom. The zero-order valence-corrected chi connectivity index (χ0v) is 19.1. The third-order valence-corrected chi connectivity index (χ3v) is 6.92. The maximum atomic E-state index is 13.9. The minimum absolute atomic E-state index is 0.00863. The van der Waals surface area contributed by atoms with E-state index in [2.05, 4.69) is 5.32 Å². The lowest BCUT2D eigenvalue weighted by Gasteiger charge is -2.31. The number of amides is 4. The lowest BCUT2D eigenvalue weighted by atomic mass is 9.94. The van der Waals surface area contributed by atoms with Gasteiger partial charge in [-0.3, -0.25) is 14.5 Å². The fourth-order valence-corrected chi connectivity index (χ4v) is 5.27. The Bertz CT molecular complexity index is 861. The second kappa shape index (κ2) is 8.64. The van der Waals surface area contributed by atoms with Crippen molar-refractivity contribution in [1.29, 1.82) is 0 Å². The van der Waals surface area contributed by atoms with Crippen LogP contribution in [0.4, 0.5) is 10.5 Å². The van der Waals surface area contributed by atoms with Gasteiger partial charge in [0.2, 0.25) is 5.91 Å². The van der Waals surface area contributed by atoms with Crippen LogP contribution in [0.25, 0.3) is 0 Å². The monoisotopic (exact) mass is 425 g/mol. The molecule has 0 aromatic heterocycles. The number of urea groups is 1. The fraction of sp³-hybridized carbons (Fsp3) is 0.640. The summed E-state index contributed by atoms with van der Waals surface area (Å²) in [5, 5.41) is 3.12. The summed E-state index contributed by atoms with van der Waals surface area (Å²) >= 11 is 0. The molecular formula is C25H35N3O3. The normalized spacial score (nSPS) is 19.5. The molecule has 0 radical (unpaired) electrons. The number of nitrogens with one attached hydrogen (secondary N) is 1. The first-order chi connectivity index (χ1) is 14.8. The van der Waals surface area contributed by atoms with Crippen LogP contribution in [0.1, 0.15) is 88.1 Å². The van der Waals surface area contributed by atoms with Crippen LogP contribution in [-0.2, 0) is 11.2 Å². The van der Waals surface area contributed by atoms with Crippen LogP contribution in [0.3, 0.4) is 0 Å². The van der Waals surface area contributed by atoms with Gasteiger partial charge in [0.25, 0.3) is 5.91 Å². The summed E-state index contributed by atoms with van der Waals surface area (Å²) in [6, 6.07) is 5.45. The van der Waals surface area contributed by atoms with Crippen molar-refractivity contribution in [2.45, 2.75) is 90.6 Å². The predicted molar refractivity (Wildman–Crippen MR) is 121 cm³/mol. The molecule has 1 aromatic carbocycles. The van der Waals surface area contributed by atoms with E-state index in [1.165, 1.54) is 4.90 Å². The minimum Gasteiger partial charge on any atom is -0.335 e. The number of hydrogen-bond donors (Lipinski definition) is 1. The smallest absolute Gasteiger partial charge is 0.324 e. The van der Waals surface area contributed by atoms with Crippen molar-refractivity contribution in [3.8, 4) is 0 Å². The Morgan fingerprint density at radius 3 is 2.29 bits per heavy atom. The van der Waals surface area contributed by atoms with Crippen LogP contribution in [0.15, 0.2) is 18.2 Å². The molecule has 2 aliphatic carbocycles. The average Bonchev–Trinajstić information content (AvgIpc) is 3.48. The van der Waals surface area contributed by atoms with Gasteiger partial charge in [-0.1, -0.05) is 58.6 Å². The SMILES string of the molecule is CC(C)(C)C(=O)N1CCc2cccc(C(=O)N(C(=O)NC3CCCC3)C3CCCC3)c21. The van der Waals surface area contributed by atoms with Crippen LogP contribution in [0.5, 0.6) is 0 Å². The second-order valence-electron chi connectivity index (χ2n) is 10.3. The van der Waals surface area contributed by atoms with Crippen molar-refractivity contribution in [1.82, 2.24) is 10.2 Å². The van der Waals surface area contributed by atoms with Crippen LogP contribution in [0, 0.1) is 5.41 Å². The van der Waals surface area contributed by atoms with Gasteiger partial charge in [-0.15, -0.1) is 0 Å². The molecule has 2 saturated carbocycles. The van der Waals surface area contributed by atoms with E-state index in [0.29, 0.717) is 17.8 Å². The van der Waals surface area contributed by atoms with E-state index >= 15 is 0 Å². The summed E-state index contributed by atoms with van der Waals surface area (Å²) in [6.07, 6.45) is 8.71. The summed E-state index contributed by atoms with van der Waals surface area (Å²) in [4.78, 5) is 43.5. The second-order valence-corrected chi connectivity index (χ2v) is 10.3. The largest absolute Gasteiger partial charge is 0.335 e. The fourth-order valence-electron chi connectivity index (χ4n) is 5.27. The first kappa shape index (κ1) is 21.8.